The summed E-state index contributed by atoms with van der Waals surface area (Å²) < 4.78 is 5.25. The van der Waals surface area contributed by atoms with Gasteiger partial charge in [-0.1, -0.05) is 29.8 Å². The van der Waals surface area contributed by atoms with E-state index in [4.69, 9.17) is 4.74 Å². The molecule has 1 aromatic rings. The van der Waals surface area contributed by atoms with Crippen molar-refractivity contribution in [2.45, 2.75) is 26.3 Å². The van der Waals surface area contributed by atoms with E-state index in [9.17, 15) is 4.79 Å². The molecule has 1 N–H and O–H groups in total. The Balaban J connectivity index is 1.81. The van der Waals surface area contributed by atoms with Gasteiger partial charge in [0.05, 0.1) is 0 Å². The Morgan fingerprint density at radius 2 is 1.94 bits per heavy atom. The van der Waals surface area contributed by atoms with Gasteiger partial charge in [0.2, 0.25) is 5.91 Å². The third-order valence-electron chi connectivity index (χ3n) is 3.18. The van der Waals surface area contributed by atoms with Gasteiger partial charge in [-0.3, -0.25) is 4.79 Å². The highest BCUT2D eigenvalue weighted by Crippen LogP contribution is 2.14. The lowest BCUT2D eigenvalue weighted by atomic mass is 9.99. The van der Waals surface area contributed by atoms with Crippen LogP contribution < -0.4 is 5.32 Å². The topological polar surface area (TPSA) is 38.3 Å². The van der Waals surface area contributed by atoms with Crippen LogP contribution in [-0.2, 0) is 16.1 Å². The second-order valence-electron chi connectivity index (χ2n) is 4.59. The zero-order valence-corrected chi connectivity index (χ0v) is 10.2. The Labute approximate surface area is 102 Å². The van der Waals surface area contributed by atoms with E-state index in [0.717, 1.165) is 18.4 Å². The fourth-order valence-electron chi connectivity index (χ4n) is 2.00. The molecular weight excluding hydrogens is 214 g/mol. The summed E-state index contributed by atoms with van der Waals surface area (Å²) in [5.74, 6) is 0.295. The van der Waals surface area contributed by atoms with Gasteiger partial charge in [0.15, 0.2) is 0 Å². The molecule has 0 unspecified atom stereocenters. The van der Waals surface area contributed by atoms with E-state index >= 15 is 0 Å². The van der Waals surface area contributed by atoms with E-state index in [-0.39, 0.29) is 11.8 Å². The van der Waals surface area contributed by atoms with Gasteiger partial charge in [0, 0.05) is 25.7 Å². The summed E-state index contributed by atoms with van der Waals surface area (Å²) in [4.78, 5) is 11.9. The first kappa shape index (κ1) is 12.1. The molecule has 0 spiro atoms. The molecule has 0 aliphatic carbocycles. The fraction of sp³-hybridized carbons (Fsp3) is 0.500. The fourth-order valence-corrected chi connectivity index (χ4v) is 2.00. The first-order valence-electron chi connectivity index (χ1n) is 6.17. The van der Waals surface area contributed by atoms with Crippen LogP contribution in [0, 0.1) is 12.8 Å². The highest BCUT2D eigenvalue weighted by molar-refractivity contribution is 5.78. The van der Waals surface area contributed by atoms with E-state index in [2.05, 4.69) is 36.5 Å². The van der Waals surface area contributed by atoms with Crippen LogP contribution in [-0.4, -0.2) is 19.1 Å². The molecule has 1 fully saturated rings. The minimum atomic E-state index is 0.134. The second-order valence-corrected chi connectivity index (χ2v) is 4.59. The predicted octanol–water partition coefficient (Wildman–Crippen LogP) is 2.04. The van der Waals surface area contributed by atoms with E-state index in [0.29, 0.717) is 19.8 Å². The van der Waals surface area contributed by atoms with Gasteiger partial charge >= 0.3 is 0 Å². The van der Waals surface area contributed by atoms with Gasteiger partial charge in [-0.25, -0.2) is 0 Å². The smallest absolute Gasteiger partial charge is 0.223 e. The molecule has 1 saturated heterocycles. The molecule has 1 aromatic carbocycles. The van der Waals surface area contributed by atoms with Crippen LogP contribution in [0.4, 0.5) is 0 Å². The molecule has 0 saturated carbocycles. The van der Waals surface area contributed by atoms with Gasteiger partial charge in [0.25, 0.3) is 0 Å². The Morgan fingerprint density at radius 3 is 2.59 bits per heavy atom. The van der Waals surface area contributed by atoms with Crippen LogP contribution in [0.5, 0.6) is 0 Å². The average Bonchev–Trinajstić information content (AvgIpc) is 2.39. The monoisotopic (exact) mass is 233 g/mol. The quantitative estimate of drug-likeness (QED) is 0.867. The summed E-state index contributed by atoms with van der Waals surface area (Å²) in [6, 6.07) is 8.24. The predicted molar refractivity (Wildman–Crippen MR) is 66.6 cm³/mol. The number of ether oxygens (including phenoxy) is 1. The van der Waals surface area contributed by atoms with E-state index < -0.39 is 0 Å². The molecule has 0 radical (unpaired) electrons. The molecule has 1 aliphatic heterocycles. The van der Waals surface area contributed by atoms with Crippen LogP contribution in [0.15, 0.2) is 24.3 Å². The number of hydrogen-bond donors (Lipinski definition) is 1. The number of aryl methyl sites for hydroxylation is 1. The van der Waals surface area contributed by atoms with Gasteiger partial charge in [-0.15, -0.1) is 0 Å². The van der Waals surface area contributed by atoms with Crippen molar-refractivity contribution in [3.8, 4) is 0 Å². The Morgan fingerprint density at radius 1 is 1.29 bits per heavy atom. The van der Waals surface area contributed by atoms with Crippen molar-refractivity contribution in [2.24, 2.45) is 5.92 Å². The maximum atomic E-state index is 11.9. The van der Waals surface area contributed by atoms with Crippen LogP contribution in [0.2, 0.25) is 0 Å². The van der Waals surface area contributed by atoms with Crippen LogP contribution in [0.1, 0.15) is 24.0 Å². The Bertz CT molecular complexity index is 366. The van der Waals surface area contributed by atoms with Crippen molar-refractivity contribution in [3.63, 3.8) is 0 Å². The average molecular weight is 233 g/mol. The highest BCUT2D eigenvalue weighted by Gasteiger charge is 2.20. The number of nitrogens with one attached hydrogen (secondary N) is 1. The number of carbonyl (C=O) groups excluding carboxylic acids is 1. The normalized spacial score (nSPS) is 16.8. The molecule has 1 heterocycles. The number of benzene rings is 1. The summed E-state index contributed by atoms with van der Waals surface area (Å²) in [7, 11) is 0. The van der Waals surface area contributed by atoms with Crippen LogP contribution in [0.3, 0.4) is 0 Å². The lowest BCUT2D eigenvalue weighted by Crippen LogP contribution is -2.33. The molecule has 0 atom stereocenters. The van der Waals surface area contributed by atoms with E-state index in [1.165, 1.54) is 5.56 Å². The third kappa shape index (κ3) is 3.56. The molecule has 17 heavy (non-hydrogen) atoms. The SMILES string of the molecule is Cc1ccc(CNC(=O)C2CCOCC2)cc1. The van der Waals surface area contributed by atoms with Crippen LogP contribution in [0.25, 0.3) is 0 Å². The van der Waals surface area contributed by atoms with Crippen molar-refractivity contribution in [3.05, 3.63) is 35.4 Å². The molecule has 2 rings (SSSR count). The molecule has 3 heteroatoms. The maximum absolute atomic E-state index is 11.9. The van der Waals surface area contributed by atoms with E-state index in [1.807, 2.05) is 0 Å². The van der Waals surface area contributed by atoms with Crippen molar-refractivity contribution in [1.29, 1.82) is 0 Å². The first-order valence-corrected chi connectivity index (χ1v) is 6.17. The van der Waals surface area contributed by atoms with Gasteiger partial charge in [-0.05, 0) is 25.3 Å². The maximum Gasteiger partial charge on any atom is 0.223 e. The zero-order valence-electron chi connectivity index (χ0n) is 10.2. The summed E-state index contributed by atoms with van der Waals surface area (Å²) in [6.07, 6.45) is 1.69. The minimum absolute atomic E-state index is 0.134. The Kier molecular flexibility index (Phi) is 4.15. The minimum Gasteiger partial charge on any atom is -0.381 e. The number of hydrogen-bond acceptors (Lipinski definition) is 2. The van der Waals surface area contributed by atoms with Crippen molar-refractivity contribution >= 4 is 5.91 Å². The lowest BCUT2D eigenvalue weighted by molar-refractivity contribution is -0.128. The summed E-state index contributed by atoms with van der Waals surface area (Å²) in [6.45, 7) is 4.10. The second kappa shape index (κ2) is 5.82. The van der Waals surface area contributed by atoms with Crippen molar-refractivity contribution < 1.29 is 9.53 Å². The van der Waals surface area contributed by atoms with Gasteiger partial charge < -0.3 is 10.1 Å². The molecule has 1 amide bonds. The lowest BCUT2D eigenvalue weighted by Gasteiger charge is -2.21. The van der Waals surface area contributed by atoms with Gasteiger partial charge in [-0.2, -0.15) is 0 Å². The van der Waals surface area contributed by atoms with Crippen LogP contribution >= 0.6 is 0 Å². The number of amides is 1. The summed E-state index contributed by atoms with van der Waals surface area (Å²) in [5.41, 5.74) is 2.39. The molecule has 92 valence electrons. The third-order valence-corrected chi connectivity index (χ3v) is 3.18. The molecule has 0 aromatic heterocycles. The van der Waals surface area contributed by atoms with Crippen molar-refractivity contribution in [1.82, 2.24) is 5.32 Å². The van der Waals surface area contributed by atoms with Crippen molar-refractivity contribution in [2.75, 3.05) is 13.2 Å². The molecular formula is C14H19NO2. The summed E-state index contributed by atoms with van der Waals surface area (Å²) >= 11 is 0. The van der Waals surface area contributed by atoms with E-state index in [1.54, 1.807) is 0 Å². The largest absolute Gasteiger partial charge is 0.381 e. The Hall–Kier alpha value is -1.35. The zero-order chi connectivity index (χ0) is 12.1. The molecule has 0 bridgehead atoms. The standard InChI is InChI=1S/C14H19NO2/c1-11-2-4-12(5-3-11)10-15-14(16)13-6-8-17-9-7-13/h2-5,13H,6-10H2,1H3,(H,15,16). The van der Waals surface area contributed by atoms with Gasteiger partial charge in [0.1, 0.15) is 0 Å². The number of carbonyl (C=O) groups is 1. The molecule has 1 aliphatic rings. The number of rotatable bonds is 3. The summed E-state index contributed by atoms with van der Waals surface area (Å²) in [5, 5.41) is 2.99. The highest BCUT2D eigenvalue weighted by atomic mass is 16.5. The first-order chi connectivity index (χ1) is 8.25. The molecule has 3 nitrogen and oxygen atoms in total.